The summed E-state index contributed by atoms with van der Waals surface area (Å²) in [5.74, 6) is 0. The number of aryl methyl sites for hydroxylation is 1. The molecule has 1 aliphatic rings. The number of nitrogens with one attached hydrogen (secondary N) is 1. The van der Waals surface area contributed by atoms with E-state index in [1.807, 2.05) is 12.4 Å². The summed E-state index contributed by atoms with van der Waals surface area (Å²) >= 11 is 5.13. The summed E-state index contributed by atoms with van der Waals surface area (Å²) in [4.78, 5) is 5.55. The molecule has 0 spiro atoms. The molecule has 0 bridgehead atoms. The number of likely N-dealkylation sites (tertiary alicyclic amines) is 1. The summed E-state index contributed by atoms with van der Waals surface area (Å²) in [5.41, 5.74) is 0. The van der Waals surface area contributed by atoms with E-state index >= 15 is 0 Å². The number of aromatic amines is 1. The summed E-state index contributed by atoms with van der Waals surface area (Å²) in [6.07, 6.45) is 7.88. The number of imidazole rings is 1. The molecule has 4 heteroatoms. The van der Waals surface area contributed by atoms with Crippen LogP contribution in [0.25, 0.3) is 0 Å². The molecule has 1 aliphatic heterocycles. The standard InChI is InChI=1S/C10H17N3S/c14-10-11-4-9-13(10)8-3-7-12-5-1-2-6-12/h4,9H,1-3,5-8H2,(H,11,14). The Kier molecular flexibility index (Phi) is 3.37. The van der Waals surface area contributed by atoms with Crippen molar-refractivity contribution in [3.63, 3.8) is 0 Å². The van der Waals surface area contributed by atoms with Gasteiger partial charge >= 0.3 is 0 Å². The molecule has 2 heterocycles. The lowest BCUT2D eigenvalue weighted by atomic mass is 10.4. The van der Waals surface area contributed by atoms with Gasteiger partial charge in [-0.2, -0.15) is 0 Å². The van der Waals surface area contributed by atoms with Gasteiger partial charge < -0.3 is 14.5 Å². The van der Waals surface area contributed by atoms with Gasteiger partial charge in [0, 0.05) is 18.9 Å². The first kappa shape index (κ1) is 9.93. The third kappa shape index (κ3) is 2.45. The lowest BCUT2D eigenvalue weighted by molar-refractivity contribution is 0.325. The molecule has 1 N–H and O–H groups in total. The second-order valence-corrected chi connectivity index (χ2v) is 4.25. The van der Waals surface area contributed by atoms with E-state index < -0.39 is 0 Å². The molecular formula is C10H17N3S. The Morgan fingerprint density at radius 1 is 1.29 bits per heavy atom. The van der Waals surface area contributed by atoms with Gasteiger partial charge in [-0.1, -0.05) is 0 Å². The highest BCUT2D eigenvalue weighted by Gasteiger charge is 2.10. The Balaban J connectivity index is 1.72. The molecule has 0 aliphatic carbocycles. The fourth-order valence-electron chi connectivity index (χ4n) is 2.00. The maximum absolute atomic E-state index is 5.13. The molecular weight excluding hydrogens is 194 g/mol. The van der Waals surface area contributed by atoms with Crippen LogP contribution in [-0.2, 0) is 6.54 Å². The molecule has 0 unspecified atom stereocenters. The van der Waals surface area contributed by atoms with Crippen LogP contribution in [0.15, 0.2) is 12.4 Å². The smallest absolute Gasteiger partial charge is 0.177 e. The van der Waals surface area contributed by atoms with Crippen molar-refractivity contribution in [2.45, 2.75) is 25.8 Å². The minimum atomic E-state index is 0.839. The van der Waals surface area contributed by atoms with Gasteiger partial charge in [-0.3, -0.25) is 0 Å². The van der Waals surface area contributed by atoms with Gasteiger partial charge in [0.05, 0.1) is 0 Å². The van der Waals surface area contributed by atoms with Gasteiger partial charge in [-0.15, -0.1) is 0 Å². The molecule has 78 valence electrons. The first-order chi connectivity index (χ1) is 6.86. The fraction of sp³-hybridized carbons (Fsp3) is 0.700. The van der Waals surface area contributed by atoms with Crippen molar-refractivity contribution in [1.82, 2.24) is 14.5 Å². The summed E-state index contributed by atoms with van der Waals surface area (Å²) in [5, 5.41) is 0. The predicted octanol–water partition coefficient (Wildman–Crippen LogP) is 2.03. The van der Waals surface area contributed by atoms with E-state index in [1.54, 1.807) is 0 Å². The predicted molar refractivity (Wildman–Crippen MR) is 59.9 cm³/mol. The number of hydrogen-bond donors (Lipinski definition) is 1. The lowest BCUT2D eigenvalue weighted by Crippen LogP contribution is -2.21. The molecule has 1 saturated heterocycles. The quantitative estimate of drug-likeness (QED) is 0.771. The highest BCUT2D eigenvalue weighted by atomic mass is 32.1. The zero-order valence-electron chi connectivity index (χ0n) is 8.41. The molecule has 3 nitrogen and oxygen atoms in total. The molecule has 1 aromatic rings. The molecule has 0 saturated carbocycles. The summed E-state index contributed by atoms with van der Waals surface area (Å²) in [6.45, 7) is 4.84. The highest BCUT2D eigenvalue weighted by Crippen LogP contribution is 2.07. The van der Waals surface area contributed by atoms with Crippen molar-refractivity contribution < 1.29 is 0 Å². The third-order valence-electron chi connectivity index (χ3n) is 2.79. The van der Waals surface area contributed by atoms with Crippen LogP contribution < -0.4 is 0 Å². The van der Waals surface area contributed by atoms with Crippen molar-refractivity contribution >= 4 is 12.2 Å². The molecule has 1 fully saturated rings. The van der Waals surface area contributed by atoms with Crippen molar-refractivity contribution in [3.05, 3.63) is 17.2 Å². The van der Waals surface area contributed by atoms with Crippen LogP contribution in [0.2, 0.25) is 0 Å². The zero-order chi connectivity index (χ0) is 9.80. The summed E-state index contributed by atoms with van der Waals surface area (Å²) < 4.78 is 2.94. The summed E-state index contributed by atoms with van der Waals surface area (Å²) in [7, 11) is 0. The third-order valence-corrected chi connectivity index (χ3v) is 3.15. The van der Waals surface area contributed by atoms with Crippen LogP contribution in [0.4, 0.5) is 0 Å². The second kappa shape index (κ2) is 4.75. The Hall–Kier alpha value is -0.610. The first-order valence-corrected chi connectivity index (χ1v) is 5.73. The number of rotatable bonds is 4. The van der Waals surface area contributed by atoms with Crippen LogP contribution in [0.3, 0.4) is 0 Å². The van der Waals surface area contributed by atoms with E-state index in [2.05, 4.69) is 14.5 Å². The Labute approximate surface area is 89.7 Å². The van der Waals surface area contributed by atoms with E-state index in [0.717, 1.165) is 11.3 Å². The number of aromatic nitrogens is 2. The van der Waals surface area contributed by atoms with Crippen LogP contribution >= 0.6 is 12.2 Å². The van der Waals surface area contributed by atoms with Gasteiger partial charge in [0.15, 0.2) is 4.77 Å². The molecule has 2 rings (SSSR count). The fourth-order valence-corrected chi connectivity index (χ4v) is 2.22. The maximum Gasteiger partial charge on any atom is 0.177 e. The SMILES string of the molecule is S=c1[nH]ccn1CCCN1CCCC1. The normalized spacial score (nSPS) is 17.7. The van der Waals surface area contributed by atoms with Crippen LogP contribution in [0.5, 0.6) is 0 Å². The van der Waals surface area contributed by atoms with E-state index in [0.29, 0.717) is 0 Å². The van der Waals surface area contributed by atoms with E-state index in [1.165, 1.54) is 38.9 Å². The average Bonchev–Trinajstić information content (AvgIpc) is 2.78. The Morgan fingerprint density at radius 3 is 2.71 bits per heavy atom. The van der Waals surface area contributed by atoms with E-state index in [-0.39, 0.29) is 0 Å². The van der Waals surface area contributed by atoms with Gasteiger partial charge in [-0.05, 0) is 51.1 Å². The monoisotopic (exact) mass is 211 g/mol. The minimum absolute atomic E-state index is 0.839. The van der Waals surface area contributed by atoms with E-state index in [9.17, 15) is 0 Å². The lowest BCUT2D eigenvalue weighted by Gasteiger charge is -2.13. The zero-order valence-corrected chi connectivity index (χ0v) is 9.22. The summed E-state index contributed by atoms with van der Waals surface area (Å²) in [6, 6.07) is 0. The topological polar surface area (TPSA) is 24.0 Å². The molecule has 1 aromatic heterocycles. The molecule has 0 atom stereocenters. The van der Waals surface area contributed by atoms with Crippen molar-refractivity contribution in [3.8, 4) is 0 Å². The van der Waals surface area contributed by atoms with Gasteiger partial charge in [0.25, 0.3) is 0 Å². The molecule has 14 heavy (non-hydrogen) atoms. The number of hydrogen-bond acceptors (Lipinski definition) is 2. The van der Waals surface area contributed by atoms with Crippen molar-refractivity contribution in [2.24, 2.45) is 0 Å². The Bertz CT molecular complexity index is 322. The Morgan fingerprint density at radius 2 is 2.07 bits per heavy atom. The van der Waals surface area contributed by atoms with Crippen LogP contribution in [0, 0.1) is 4.77 Å². The largest absolute Gasteiger partial charge is 0.337 e. The van der Waals surface area contributed by atoms with Gasteiger partial charge in [0.2, 0.25) is 0 Å². The van der Waals surface area contributed by atoms with Crippen molar-refractivity contribution in [2.75, 3.05) is 19.6 Å². The molecule has 0 radical (unpaired) electrons. The highest BCUT2D eigenvalue weighted by molar-refractivity contribution is 7.71. The number of H-pyrrole nitrogens is 1. The van der Waals surface area contributed by atoms with Gasteiger partial charge in [0.1, 0.15) is 0 Å². The average molecular weight is 211 g/mol. The number of nitrogens with zero attached hydrogens (tertiary/aromatic N) is 2. The van der Waals surface area contributed by atoms with Crippen molar-refractivity contribution in [1.29, 1.82) is 0 Å². The van der Waals surface area contributed by atoms with Crippen LogP contribution in [-0.4, -0.2) is 34.1 Å². The molecule has 0 aromatic carbocycles. The second-order valence-electron chi connectivity index (χ2n) is 3.86. The minimum Gasteiger partial charge on any atom is -0.337 e. The van der Waals surface area contributed by atoms with Crippen LogP contribution in [0.1, 0.15) is 19.3 Å². The first-order valence-electron chi connectivity index (χ1n) is 5.32. The maximum atomic E-state index is 5.13. The molecule has 0 amide bonds. The van der Waals surface area contributed by atoms with E-state index in [4.69, 9.17) is 12.2 Å². The van der Waals surface area contributed by atoms with Gasteiger partial charge in [-0.25, -0.2) is 0 Å².